The summed E-state index contributed by atoms with van der Waals surface area (Å²) in [5.74, 6) is -0.676. The number of carbonyl (C=O) groups excluding carboxylic acids is 1. The summed E-state index contributed by atoms with van der Waals surface area (Å²) in [6, 6.07) is -1.36. The van der Waals surface area contributed by atoms with Gasteiger partial charge in [-0.1, -0.05) is 0 Å². The van der Waals surface area contributed by atoms with Gasteiger partial charge in [-0.05, 0) is 18.8 Å². The average molecular weight is 259 g/mol. The highest BCUT2D eigenvalue weighted by Crippen LogP contribution is 2.15. The van der Waals surface area contributed by atoms with E-state index >= 15 is 0 Å². The Labute approximate surface area is 106 Å². The maximum atomic E-state index is 11.7. The molecule has 0 saturated carbocycles. The second-order valence-electron chi connectivity index (χ2n) is 4.57. The summed E-state index contributed by atoms with van der Waals surface area (Å²) in [6.07, 6.45) is 1.90. The van der Waals surface area contributed by atoms with Crippen LogP contribution >= 0.6 is 0 Å². The maximum absolute atomic E-state index is 11.7. The van der Waals surface area contributed by atoms with E-state index in [1.807, 2.05) is 0 Å². The molecular formula is C11H21N3O4. The lowest BCUT2D eigenvalue weighted by Gasteiger charge is -2.27. The van der Waals surface area contributed by atoms with E-state index in [1.54, 1.807) is 11.9 Å². The van der Waals surface area contributed by atoms with Gasteiger partial charge in [0.15, 0.2) is 0 Å². The zero-order valence-electron chi connectivity index (χ0n) is 10.6. The van der Waals surface area contributed by atoms with Crippen LogP contribution in [0.2, 0.25) is 0 Å². The fraction of sp³-hybridized carbons (Fsp3) is 0.818. The van der Waals surface area contributed by atoms with E-state index in [1.165, 1.54) is 0 Å². The van der Waals surface area contributed by atoms with Crippen molar-refractivity contribution >= 4 is 12.0 Å². The predicted octanol–water partition coefficient (Wildman–Crippen LogP) is -0.534. The number of hydrogen-bond donors (Lipinski definition) is 3. The van der Waals surface area contributed by atoms with Crippen LogP contribution in [0, 0.1) is 5.92 Å². The Balaban J connectivity index is 2.25. The highest BCUT2D eigenvalue weighted by Gasteiger charge is 2.19. The van der Waals surface area contributed by atoms with Crippen LogP contribution in [0.4, 0.5) is 4.79 Å². The van der Waals surface area contributed by atoms with Gasteiger partial charge >= 0.3 is 12.0 Å². The third kappa shape index (κ3) is 4.89. The Bertz CT molecular complexity index is 292. The van der Waals surface area contributed by atoms with E-state index < -0.39 is 12.0 Å². The molecule has 0 radical (unpaired) electrons. The highest BCUT2D eigenvalue weighted by molar-refractivity contribution is 5.77. The van der Waals surface area contributed by atoms with Crippen LogP contribution in [-0.4, -0.2) is 61.4 Å². The quantitative estimate of drug-likeness (QED) is 0.615. The molecule has 104 valence electrons. The number of hydrogen-bond acceptors (Lipinski definition) is 4. The van der Waals surface area contributed by atoms with Crippen LogP contribution in [-0.2, 0) is 9.53 Å². The summed E-state index contributed by atoms with van der Waals surface area (Å²) in [5, 5.41) is 11.1. The molecule has 2 amide bonds. The minimum atomic E-state index is -1.12. The van der Waals surface area contributed by atoms with Gasteiger partial charge in [0, 0.05) is 33.4 Å². The molecule has 1 aliphatic heterocycles. The molecule has 0 spiro atoms. The van der Waals surface area contributed by atoms with Gasteiger partial charge in [-0.3, -0.25) is 4.79 Å². The Kier molecular flexibility index (Phi) is 5.87. The van der Waals surface area contributed by atoms with Gasteiger partial charge < -0.3 is 25.8 Å². The molecule has 0 aromatic rings. The van der Waals surface area contributed by atoms with E-state index in [2.05, 4.69) is 5.32 Å². The summed E-state index contributed by atoms with van der Waals surface area (Å²) >= 11 is 0. The Hall–Kier alpha value is -1.34. The number of carbonyl (C=O) groups is 2. The molecular weight excluding hydrogens is 238 g/mol. The molecule has 1 saturated heterocycles. The van der Waals surface area contributed by atoms with E-state index in [0.29, 0.717) is 12.5 Å². The molecule has 4 N–H and O–H groups in total. The second-order valence-corrected chi connectivity index (χ2v) is 4.57. The smallest absolute Gasteiger partial charge is 0.322 e. The molecule has 7 nitrogen and oxygen atoms in total. The maximum Gasteiger partial charge on any atom is 0.322 e. The van der Waals surface area contributed by atoms with E-state index in [-0.39, 0.29) is 12.6 Å². The fourth-order valence-corrected chi connectivity index (χ4v) is 1.82. The summed E-state index contributed by atoms with van der Waals surface area (Å²) in [6.45, 7) is 2.07. The third-order valence-electron chi connectivity index (χ3n) is 3.01. The minimum absolute atomic E-state index is 0.0632. The van der Waals surface area contributed by atoms with Gasteiger partial charge in [-0.15, -0.1) is 0 Å². The normalized spacial score (nSPS) is 18.1. The molecule has 1 unspecified atom stereocenters. The zero-order valence-corrected chi connectivity index (χ0v) is 10.6. The monoisotopic (exact) mass is 259 g/mol. The van der Waals surface area contributed by atoms with Gasteiger partial charge in [-0.25, -0.2) is 4.79 Å². The summed E-state index contributed by atoms with van der Waals surface area (Å²) in [4.78, 5) is 23.7. The number of urea groups is 1. The molecule has 0 aliphatic carbocycles. The van der Waals surface area contributed by atoms with Crippen molar-refractivity contribution in [3.8, 4) is 0 Å². The number of nitrogens with two attached hydrogens (primary N) is 1. The first-order chi connectivity index (χ1) is 8.50. The van der Waals surface area contributed by atoms with Gasteiger partial charge in [0.05, 0.1) is 0 Å². The van der Waals surface area contributed by atoms with Crippen LogP contribution in [0.3, 0.4) is 0 Å². The number of ether oxygens (including phenoxy) is 1. The lowest BCUT2D eigenvalue weighted by atomic mass is 10.00. The lowest BCUT2D eigenvalue weighted by Crippen LogP contribution is -2.47. The summed E-state index contributed by atoms with van der Waals surface area (Å²) in [7, 11) is 1.69. The van der Waals surface area contributed by atoms with Crippen molar-refractivity contribution in [3.63, 3.8) is 0 Å². The first-order valence-corrected chi connectivity index (χ1v) is 6.05. The number of carboxylic acid groups (broad SMARTS) is 1. The van der Waals surface area contributed by atoms with E-state index in [0.717, 1.165) is 26.1 Å². The Morgan fingerprint density at radius 1 is 1.50 bits per heavy atom. The van der Waals surface area contributed by atoms with Crippen molar-refractivity contribution in [2.45, 2.75) is 18.9 Å². The molecule has 0 bridgehead atoms. The number of nitrogens with one attached hydrogen (secondary N) is 1. The van der Waals surface area contributed by atoms with Crippen LogP contribution in [0.5, 0.6) is 0 Å². The SMILES string of the molecule is CN(CC1CCOCC1)C(=O)NCC(N)C(=O)O. The first kappa shape index (κ1) is 14.7. The minimum Gasteiger partial charge on any atom is -0.480 e. The molecule has 1 aliphatic rings. The molecule has 1 fully saturated rings. The summed E-state index contributed by atoms with van der Waals surface area (Å²) in [5.41, 5.74) is 5.30. The van der Waals surface area contributed by atoms with Crippen molar-refractivity contribution in [1.29, 1.82) is 0 Å². The van der Waals surface area contributed by atoms with Crippen molar-refractivity contribution in [2.75, 3.05) is 33.4 Å². The van der Waals surface area contributed by atoms with E-state index in [9.17, 15) is 9.59 Å². The molecule has 1 rings (SSSR count). The van der Waals surface area contributed by atoms with Crippen molar-refractivity contribution in [2.24, 2.45) is 11.7 Å². The third-order valence-corrected chi connectivity index (χ3v) is 3.01. The second kappa shape index (κ2) is 7.17. The van der Waals surface area contributed by atoms with Gasteiger partial charge in [-0.2, -0.15) is 0 Å². The van der Waals surface area contributed by atoms with Crippen LogP contribution < -0.4 is 11.1 Å². The highest BCUT2D eigenvalue weighted by atomic mass is 16.5. The largest absolute Gasteiger partial charge is 0.480 e. The number of rotatable bonds is 5. The van der Waals surface area contributed by atoms with Crippen molar-refractivity contribution < 1.29 is 19.4 Å². The lowest BCUT2D eigenvalue weighted by molar-refractivity contribution is -0.138. The molecule has 0 aromatic heterocycles. The summed E-state index contributed by atoms with van der Waals surface area (Å²) < 4.78 is 5.25. The zero-order chi connectivity index (χ0) is 13.5. The molecule has 1 atom stereocenters. The van der Waals surface area contributed by atoms with Crippen molar-refractivity contribution in [3.05, 3.63) is 0 Å². The number of nitrogens with zero attached hydrogens (tertiary/aromatic N) is 1. The molecule has 7 heteroatoms. The Morgan fingerprint density at radius 2 is 2.11 bits per heavy atom. The molecule has 1 heterocycles. The van der Waals surface area contributed by atoms with Gasteiger partial charge in [0.25, 0.3) is 0 Å². The van der Waals surface area contributed by atoms with Gasteiger partial charge in [0.1, 0.15) is 6.04 Å². The standard InChI is InChI=1S/C11H21N3O4/c1-14(7-8-2-4-18-5-3-8)11(17)13-6-9(12)10(15)16/h8-9H,2-7,12H2,1H3,(H,13,17)(H,15,16). The van der Waals surface area contributed by atoms with Crippen molar-refractivity contribution in [1.82, 2.24) is 10.2 Å². The van der Waals surface area contributed by atoms with Crippen LogP contribution in [0.15, 0.2) is 0 Å². The number of aliphatic carboxylic acids is 1. The molecule has 18 heavy (non-hydrogen) atoms. The Morgan fingerprint density at radius 3 is 2.67 bits per heavy atom. The average Bonchev–Trinajstić information content (AvgIpc) is 2.36. The number of amides is 2. The molecule has 0 aromatic carbocycles. The first-order valence-electron chi connectivity index (χ1n) is 6.05. The van der Waals surface area contributed by atoms with Crippen LogP contribution in [0.25, 0.3) is 0 Å². The van der Waals surface area contributed by atoms with Gasteiger partial charge in [0.2, 0.25) is 0 Å². The fourth-order valence-electron chi connectivity index (χ4n) is 1.82. The topological polar surface area (TPSA) is 105 Å². The predicted molar refractivity (Wildman–Crippen MR) is 65.2 cm³/mol. The van der Waals surface area contributed by atoms with Crippen LogP contribution in [0.1, 0.15) is 12.8 Å². The number of carboxylic acids is 1. The van der Waals surface area contributed by atoms with E-state index in [4.69, 9.17) is 15.6 Å².